The number of nitrogens with one attached hydrogen (secondary N) is 1. The highest BCUT2D eigenvalue weighted by atomic mass is 16.2. The zero-order valence-corrected chi connectivity index (χ0v) is 18.8. The van der Waals surface area contributed by atoms with E-state index in [0.29, 0.717) is 5.31 Å². The highest BCUT2D eigenvalue weighted by Crippen LogP contribution is 2.45. The molecule has 1 radical (unpaired) electrons. The predicted molar refractivity (Wildman–Crippen MR) is 122 cm³/mol. The summed E-state index contributed by atoms with van der Waals surface area (Å²) in [4.78, 5) is 12.3. The van der Waals surface area contributed by atoms with Crippen LogP contribution in [0.3, 0.4) is 0 Å². The largest absolute Gasteiger partial charge is 0.273 e. The lowest BCUT2D eigenvalue weighted by Gasteiger charge is -2.37. The molecule has 2 saturated carbocycles. The molecule has 2 unspecified atom stereocenters. The first-order valence-electron chi connectivity index (χ1n) is 12.2. The molecule has 0 saturated heterocycles. The van der Waals surface area contributed by atoms with Crippen LogP contribution in [0.25, 0.3) is 0 Å². The number of hydrazone groups is 1. The Labute approximate surface area is 175 Å². The molecule has 4 heteroatoms. The Morgan fingerprint density at radius 2 is 1.39 bits per heavy atom. The molecule has 0 aromatic carbocycles. The molecule has 0 heterocycles. The number of carbonyl (C=O) groups is 1. The minimum absolute atomic E-state index is 0.118. The summed E-state index contributed by atoms with van der Waals surface area (Å²) in [5, 5.41) is 4.25. The summed E-state index contributed by atoms with van der Waals surface area (Å²) < 4.78 is 0. The van der Waals surface area contributed by atoms with Gasteiger partial charge in [0.2, 0.25) is 5.91 Å². The normalized spacial score (nSPS) is 27.0. The first kappa shape index (κ1) is 23.5. The van der Waals surface area contributed by atoms with Gasteiger partial charge in [0.25, 0.3) is 0 Å². The molecule has 2 rings (SSSR count). The fraction of sp³-hybridized carbons (Fsp3) is 0.917. The first-order valence-corrected chi connectivity index (χ1v) is 12.2. The van der Waals surface area contributed by atoms with Crippen molar-refractivity contribution in [1.29, 1.82) is 0 Å². The van der Waals surface area contributed by atoms with Crippen molar-refractivity contribution in [2.24, 2.45) is 16.9 Å². The smallest absolute Gasteiger partial charge is 0.243 e. The van der Waals surface area contributed by atoms with Gasteiger partial charge in [0.05, 0.1) is 0 Å². The maximum Gasteiger partial charge on any atom is 0.243 e. The van der Waals surface area contributed by atoms with Gasteiger partial charge in [-0.3, -0.25) is 4.79 Å². The Morgan fingerprint density at radius 3 is 2.07 bits per heavy atom. The van der Waals surface area contributed by atoms with Gasteiger partial charge < -0.3 is 0 Å². The fourth-order valence-corrected chi connectivity index (χ4v) is 5.48. The number of carbonyl (C=O) groups excluding carboxylic acids is 1. The standard InChI is InChI=1S/C24H44BN2O/c1-4-26-27-23(28)20-14-11-12-16-21(17-13-15-20)24(2,3)25-22-18-9-7-5-6-8-10-19-22/h4,20-22H,5-19H2,1-3H3,(H,27,28)/b26-4+. The van der Waals surface area contributed by atoms with Crippen molar-refractivity contribution in [1.82, 2.24) is 5.43 Å². The van der Waals surface area contributed by atoms with Crippen LogP contribution in [0.1, 0.15) is 117 Å². The van der Waals surface area contributed by atoms with Crippen molar-refractivity contribution in [3.8, 4) is 0 Å². The molecule has 2 aliphatic rings. The molecule has 2 aliphatic carbocycles. The van der Waals surface area contributed by atoms with Gasteiger partial charge in [-0.2, -0.15) is 5.10 Å². The highest BCUT2D eigenvalue weighted by molar-refractivity contribution is 6.41. The topological polar surface area (TPSA) is 41.5 Å². The Kier molecular flexibility index (Phi) is 10.7. The average Bonchev–Trinajstić information content (AvgIpc) is 2.87. The van der Waals surface area contributed by atoms with E-state index >= 15 is 0 Å². The van der Waals surface area contributed by atoms with Crippen molar-refractivity contribution in [2.45, 2.75) is 128 Å². The summed E-state index contributed by atoms with van der Waals surface area (Å²) in [5.74, 6) is 1.83. The molecular formula is C24H44BN2O. The Balaban J connectivity index is 1.88. The van der Waals surface area contributed by atoms with Crippen molar-refractivity contribution >= 4 is 19.4 Å². The molecule has 2 fully saturated rings. The van der Waals surface area contributed by atoms with Gasteiger partial charge in [-0.25, -0.2) is 5.43 Å². The van der Waals surface area contributed by atoms with Crippen LogP contribution in [0.4, 0.5) is 0 Å². The second kappa shape index (κ2) is 12.7. The third-order valence-corrected chi connectivity index (χ3v) is 7.25. The zero-order valence-electron chi connectivity index (χ0n) is 18.8. The summed E-state index contributed by atoms with van der Waals surface area (Å²) in [6.45, 7) is 6.81. The Bertz CT molecular complexity index is 467. The van der Waals surface area contributed by atoms with E-state index < -0.39 is 0 Å². The lowest BCUT2D eigenvalue weighted by Crippen LogP contribution is -2.28. The third-order valence-electron chi connectivity index (χ3n) is 7.25. The number of nitrogens with zero attached hydrogens (tertiary/aromatic N) is 1. The quantitative estimate of drug-likeness (QED) is 0.311. The molecule has 3 nitrogen and oxygen atoms in total. The molecule has 28 heavy (non-hydrogen) atoms. The summed E-state index contributed by atoms with van der Waals surface area (Å²) >= 11 is 0. The van der Waals surface area contributed by atoms with Gasteiger partial charge in [0, 0.05) is 12.1 Å². The monoisotopic (exact) mass is 387 g/mol. The van der Waals surface area contributed by atoms with E-state index in [2.05, 4.69) is 31.7 Å². The zero-order chi connectivity index (χ0) is 20.2. The van der Waals surface area contributed by atoms with Crippen molar-refractivity contribution in [3.63, 3.8) is 0 Å². The van der Waals surface area contributed by atoms with E-state index in [4.69, 9.17) is 0 Å². The predicted octanol–water partition coefficient (Wildman–Crippen LogP) is 6.91. The van der Waals surface area contributed by atoms with Gasteiger partial charge in [-0.1, -0.05) is 108 Å². The molecule has 1 amide bonds. The Morgan fingerprint density at radius 1 is 0.857 bits per heavy atom. The van der Waals surface area contributed by atoms with Crippen LogP contribution in [-0.2, 0) is 4.79 Å². The molecule has 0 bridgehead atoms. The molecule has 0 aliphatic heterocycles. The van der Waals surface area contributed by atoms with E-state index in [1.807, 2.05) is 6.92 Å². The number of rotatable bonds is 5. The minimum Gasteiger partial charge on any atom is -0.273 e. The molecule has 2 atom stereocenters. The van der Waals surface area contributed by atoms with Crippen molar-refractivity contribution in [3.05, 3.63) is 0 Å². The number of hydrogen-bond donors (Lipinski definition) is 1. The summed E-state index contributed by atoms with van der Waals surface area (Å²) in [6.07, 6.45) is 21.2. The van der Waals surface area contributed by atoms with Gasteiger partial charge >= 0.3 is 0 Å². The summed E-state index contributed by atoms with van der Waals surface area (Å²) in [6, 6.07) is 0. The second-order valence-corrected chi connectivity index (χ2v) is 9.92. The van der Waals surface area contributed by atoms with E-state index in [-0.39, 0.29) is 11.8 Å². The highest BCUT2D eigenvalue weighted by Gasteiger charge is 2.33. The van der Waals surface area contributed by atoms with Crippen molar-refractivity contribution in [2.75, 3.05) is 0 Å². The van der Waals surface area contributed by atoms with Gasteiger partial charge in [-0.05, 0) is 25.7 Å². The molecule has 159 valence electrons. The van der Waals surface area contributed by atoms with Crippen LogP contribution in [0, 0.1) is 11.8 Å². The van der Waals surface area contributed by atoms with Crippen LogP contribution >= 0.6 is 0 Å². The first-order chi connectivity index (χ1) is 13.5. The summed E-state index contributed by atoms with van der Waals surface area (Å²) in [5.41, 5.74) is 2.71. The number of hydrogen-bond acceptors (Lipinski definition) is 2. The Hall–Kier alpha value is -0.795. The van der Waals surface area contributed by atoms with Crippen LogP contribution in [-0.4, -0.2) is 19.4 Å². The van der Waals surface area contributed by atoms with Gasteiger partial charge in [0.15, 0.2) is 0 Å². The molecule has 0 aromatic rings. The van der Waals surface area contributed by atoms with E-state index in [9.17, 15) is 4.79 Å². The average molecular weight is 387 g/mol. The summed E-state index contributed by atoms with van der Waals surface area (Å²) in [7, 11) is 2.75. The van der Waals surface area contributed by atoms with E-state index in [1.54, 1.807) is 6.21 Å². The maximum atomic E-state index is 12.3. The van der Waals surface area contributed by atoms with Gasteiger partial charge in [-0.15, -0.1) is 0 Å². The lowest BCUT2D eigenvalue weighted by molar-refractivity contribution is -0.125. The molecule has 0 spiro atoms. The minimum atomic E-state index is 0.118. The fourth-order valence-electron chi connectivity index (χ4n) is 5.48. The third kappa shape index (κ3) is 8.29. The lowest BCUT2D eigenvalue weighted by atomic mass is 9.41. The molecular weight excluding hydrogens is 343 g/mol. The SMILES string of the molecule is C/C=N/NC(=O)C1CCCCC(C(C)(C)[B]C2CCCCCCCC2)CCC1. The number of amides is 1. The van der Waals surface area contributed by atoms with E-state index in [1.165, 1.54) is 83.5 Å². The van der Waals surface area contributed by atoms with E-state index in [0.717, 1.165) is 24.6 Å². The molecule has 1 N–H and O–H groups in total. The van der Waals surface area contributed by atoms with Crippen LogP contribution in [0.5, 0.6) is 0 Å². The van der Waals surface area contributed by atoms with Gasteiger partial charge in [0.1, 0.15) is 7.28 Å². The van der Waals surface area contributed by atoms with Crippen LogP contribution < -0.4 is 5.43 Å². The van der Waals surface area contributed by atoms with Crippen molar-refractivity contribution < 1.29 is 4.79 Å². The van der Waals surface area contributed by atoms with Crippen LogP contribution in [0.2, 0.25) is 11.1 Å². The second-order valence-electron chi connectivity index (χ2n) is 9.92. The maximum absolute atomic E-state index is 12.3. The van der Waals surface area contributed by atoms with Crippen LogP contribution in [0.15, 0.2) is 5.10 Å². The molecule has 0 aromatic heterocycles.